The van der Waals surface area contributed by atoms with Crippen molar-refractivity contribution in [2.45, 2.75) is 25.3 Å². The Morgan fingerprint density at radius 2 is 2.10 bits per heavy atom. The van der Waals surface area contributed by atoms with Crippen molar-refractivity contribution in [2.24, 2.45) is 0 Å². The molecule has 1 aliphatic rings. The normalized spacial score (nSPS) is 16.3. The molecular formula is C23H25FN4O2. The highest BCUT2D eigenvalue weighted by Gasteiger charge is 2.23. The molecule has 0 bridgehead atoms. The molecule has 2 N–H and O–H groups in total. The lowest BCUT2D eigenvalue weighted by molar-refractivity contribution is -0.121. The van der Waals surface area contributed by atoms with Crippen LogP contribution >= 0.6 is 0 Å². The van der Waals surface area contributed by atoms with Crippen LogP contribution in [0.3, 0.4) is 0 Å². The molecule has 1 fully saturated rings. The van der Waals surface area contributed by atoms with E-state index in [1.807, 2.05) is 30.3 Å². The summed E-state index contributed by atoms with van der Waals surface area (Å²) in [6.45, 7) is 1.59. The van der Waals surface area contributed by atoms with Gasteiger partial charge >= 0.3 is 0 Å². The number of aromatic amines is 1. The van der Waals surface area contributed by atoms with Gasteiger partial charge in [-0.2, -0.15) is 5.10 Å². The molecule has 1 amide bonds. The van der Waals surface area contributed by atoms with Crippen LogP contribution in [0.25, 0.3) is 11.3 Å². The molecular weight excluding hydrogens is 383 g/mol. The predicted molar refractivity (Wildman–Crippen MR) is 114 cm³/mol. The Labute approximate surface area is 175 Å². The Morgan fingerprint density at radius 1 is 1.27 bits per heavy atom. The van der Waals surface area contributed by atoms with Crippen LogP contribution in [0, 0.1) is 5.82 Å². The lowest BCUT2D eigenvalue weighted by Gasteiger charge is -2.33. The van der Waals surface area contributed by atoms with Gasteiger partial charge in [-0.05, 0) is 60.4 Å². The van der Waals surface area contributed by atoms with Crippen molar-refractivity contribution in [2.75, 3.05) is 25.1 Å². The molecule has 2 aromatic carbocycles. The molecule has 0 spiro atoms. The van der Waals surface area contributed by atoms with Crippen LogP contribution in [-0.4, -0.2) is 42.3 Å². The van der Waals surface area contributed by atoms with E-state index in [4.69, 9.17) is 4.74 Å². The highest BCUT2D eigenvalue weighted by Crippen LogP contribution is 2.24. The average molecular weight is 408 g/mol. The van der Waals surface area contributed by atoms with E-state index in [0.717, 1.165) is 47.8 Å². The number of carbonyl (C=O) groups excluding carboxylic acids is 1. The average Bonchev–Trinajstić information content (AvgIpc) is 3.25. The lowest BCUT2D eigenvalue weighted by atomic mass is 10.0. The third-order valence-electron chi connectivity index (χ3n) is 5.33. The molecule has 4 rings (SSSR count). The third-order valence-corrected chi connectivity index (χ3v) is 5.33. The molecule has 156 valence electrons. The van der Waals surface area contributed by atoms with Crippen LogP contribution in [0.5, 0.6) is 5.75 Å². The van der Waals surface area contributed by atoms with Gasteiger partial charge < -0.3 is 15.0 Å². The summed E-state index contributed by atoms with van der Waals surface area (Å²) >= 11 is 0. The second-order valence-electron chi connectivity index (χ2n) is 7.53. The van der Waals surface area contributed by atoms with Crippen molar-refractivity contribution in [3.05, 3.63) is 66.0 Å². The molecule has 7 heteroatoms. The Balaban J connectivity index is 1.36. The summed E-state index contributed by atoms with van der Waals surface area (Å²) < 4.78 is 18.4. The van der Waals surface area contributed by atoms with Gasteiger partial charge in [-0.25, -0.2) is 4.39 Å². The summed E-state index contributed by atoms with van der Waals surface area (Å²) in [5.74, 6) is 1.33. The summed E-state index contributed by atoms with van der Waals surface area (Å²) in [5, 5.41) is 10.6. The van der Waals surface area contributed by atoms with Crippen LogP contribution in [0.4, 0.5) is 10.2 Å². The molecule has 0 unspecified atom stereocenters. The van der Waals surface area contributed by atoms with Crippen molar-refractivity contribution in [1.82, 2.24) is 15.5 Å². The third kappa shape index (κ3) is 4.79. The van der Waals surface area contributed by atoms with Gasteiger partial charge in [0.25, 0.3) is 0 Å². The van der Waals surface area contributed by atoms with E-state index < -0.39 is 0 Å². The second kappa shape index (κ2) is 8.98. The van der Waals surface area contributed by atoms with Gasteiger partial charge in [-0.15, -0.1) is 0 Å². The number of benzene rings is 2. The van der Waals surface area contributed by atoms with Crippen molar-refractivity contribution >= 4 is 11.7 Å². The number of amides is 1. The topological polar surface area (TPSA) is 70.2 Å². The summed E-state index contributed by atoms with van der Waals surface area (Å²) in [7, 11) is 1.62. The van der Waals surface area contributed by atoms with Gasteiger partial charge in [0.1, 0.15) is 11.6 Å². The van der Waals surface area contributed by atoms with E-state index in [2.05, 4.69) is 20.4 Å². The first-order valence-corrected chi connectivity index (χ1v) is 10.1. The minimum absolute atomic E-state index is 0.00383. The summed E-state index contributed by atoms with van der Waals surface area (Å²) in [6, 6.07) is 15.9. The molecule has 30 heavy (non-hydrogen) atoms. The number of anilines is 1. The predicted octanol–water partition coefficient (Wildman–Crippen LogP) is 3.55. The largest absolute Gasteiger partial charge is 0.497 e. The highest BCUT2D eigenvalue weighted by atomic mass is 19.1. The number of aromatic nitrogens is 2. The lowest BCUT2D eigenvalue weighted by Crippen LogP contribution is -2.48. The van der Waals surface area contributed by atoms with E-state index in [1.54, 1.807) is 19.2 Å². The number of H-pyrrole nitrogens is 1. The maximum Gasteiger partial charge on any atom is 0.224 e. The number of halogens is 1. The van der Waals surface area contributed by atoms with Crippen LogP contribution in [0.15, 0.2) is 54.6 Å². The van der Waals surface area contributed by atoms with Gasteiger partial charge in [-0.3, -0.25) is 9.89 Å². The highest BCUT2D eigenvalue weighted by molar-refractivity contribution is 5.79. The molecule has 1 aliphatic heterocycles. The Hall–Kier alpha value is -3.35. The van der Waals surface area contributed by atoms with E-state index in [0.29, 0.717) is 13.0 Å². The SMILES string of the molecule is COc1cccc(CC(=O)N[C@@H]2CCCN(c3cc(-c4ccc(F)cc4)[nH]n3)C2)c1. The summed E-state index contributed by atoms with van der Waals surface area (Å²) in [4.78, 5) is 14.7. The number of carbonyl (C=O) groups is 1. The minimum atomic E-state index is -0.262. The molecule has 2 heterocycles. The van der Waals surface area contributed by atoms with Crippen molar-refractivity contribution in [3.63, 3.8) is 0 Å². The van der Waals surface area contributed by atoms with E-state index in [1.165, 1.54) is 12.1 Å². The monoisotopic (exact) mass is 408 g/mol. The fraction of sp³-hybridized carbons (Fsp3) is 0.304. The fourth-order valence-electron chi connectivity index (χ4n) is 3.80. The zero-order chi connectivity index (χ0) is 20.9. The Bertz CT molecular complexity index is 1000. The molecule has 0 saturated carbocycles. The zero-order valence-electron chi connectivity index (χ0n) is 16.9. The Morgan fingerprint density at radius 3 is 2.90 bits per heavy atom. The van der Waals surface area contributed by atoms with Crippen LogP contribution in [0.1, 0.15) is 18.4 Å². The maximum absolute atomic E-state index is 13.1. The van der Waals surface area contributed by atoms with E-state index in [-0.39, 0.29) is 17.8 Å². The number of piperidine rings is 1. The summed E-state index contributed by atoms with van der Waals surface area (Å²) in [6.07, 6.45) is 2.24. The van der Waals surface area contributed by atoms with Gasteiger partial charge in [0, 0.05) is 25.2 Å². The van der Waals surface area contributed by atoms with Gasteiger partial charge in [-0.1, -0.05) is 12.1 Å². The van der Waals surface area contributed by atoms with Crippen LogP contribution < -0.4 is 15.0 Å². The number of nitrogens with zero attached hydrogens (tertiary/aromatic N) is 2. The number of nitrogens with one attached hydrogen (secondary N) is 2. The van der Waals surface area contributed by atoms with Crippen molar-refractivity contribution < 1.29 is 13.9 Å². The molecule has 0 aliphatic carbocycles. The van der Waals surface area contributed by atoms with E-state index >= 15 is 0 Å². The number of methoxy groups -OCH3 is 1. The second-order valence-corrected chi connectivity index (χ2v) is 7.53. The first kappa shape index (κ1) is 19.9. The molecule has 0 radical (unpaired) electrons. The zero-order valence-corrected chi connectivity index (χ0v) is 16.9. The van der Waals surface area contributed by atoms with Crippen LogP contribution in [-0.2, 0) is 11.2 Å². The van der Waals surface area contributed by atoms with Crippen LogP contribution in [0.2, 0.25) is 0 Å². The van der Waals surface area contributed by atoms with Crippen molar-refractivity contribution in [3.8, 4) is 17.0 Å². The van der Waals surface area contributed by atoms with Gasteiger partial charge in [0.05, 0.1) is 19.2 Å². The van der Waals surface area contributed by atoms with E-state index in [9.17, 15) is 9.18 Å². The number of hydrogen-bond donors (Lipinski definition) is 2. The smallest absolute Gasteiger partial charge is 0.224 e. The standard InChI is InChI=1S/C23H25FN4O2/c1-30-20-6-2-4-16(12-20)13-23(29)25-19-5-3-11-28(15-19)22-14-21(26-27-22)17-7-9-18(24)10-8-17/h2,4,6-10,12,14,19H,3,5,11,13,15H2,1H3,(H,25,29)(H,26,27)/t19-/m1/s1. The number of hydrogen-bond acceptors (Lipinski definition) is 4. The van der Waals surface area contributed by atoms with Gasteiger partial charge in [0.2, 0.25) is 5.91 Å². The maximum atomic E-state index is 13.1. The summed E-state index contributed by atoms with van der Waals surface area (Å²) in [5.41, 5.74) is 2.65. The van der Waals surface area contributed by atoms with Crippen molar-refractivity contribution in [1.29, 1.82) is 0 Å². The molecule has 1 saturated heterocycles. The number of ether oxygens (including phenoxy) is 1. The fourth-order valence-corrected chi connectivity index (χ4v) is 3.80. The first-order valence-electron chi connectivity index (χ1n) is 10.1. The first-order chi connectivity index (χ1) is 14.6. The molecule has 6 nitrogen and oxygen atoms in total. The molecule has 1 atom stereocenters. The Kier molecular flexibility index (Phi) is 5.97. The molecule has 3 aromatic rings. The molecule has 1 aromatic heterocycles. The van der Waals surface area contributed by atoms with Gasteiger partial charge in [0.15, 0.2) is 5.82 Å². The number of rotatable bonds is 6. The quantitative estimate of drug-likeness (QED) is 0.654. The minimum Gasteiger partial charge on any atom is -0.497 e.